The summed E-state index contributed by atoms with van der Waals surface area (Å²) >= 11 is 0. The molecule has 1 heterocycles. The van der Waals surface area contributed by atoms with Gasteiger partial charge in [-0.25, -0.2) is 0 Å². The molecule has 154 valence electrons. The van der Waals surface area contributed by atoms with Crippen LogP contribution in [-0.2, 0) is 21.0 Å². The second kappa shape index (κ2) is 7.34. The Balaban J connectivity index is 2.09. The van der Waals surface area contributed by atoms with E-state index in [4.69, 9.17) is 4.55 Å². The van der Waals surface area contributed by atoms with Crippen LogP contribution in [0.15, 0.2) is 41.3 Å². The number of fused-ring (bicyclic) bond motifs is 1. The van der Waals surface area contributed by atoms with E-state index in [1.54, 1.807) is 24.3 Å². The molecule has 0 spiro atoms. The molecule has 2 aromatic rings. The van der Waals surface area contributed by atoms with Crippen molar-refractivity contribution in [3.63, 3.8) is 0 Å². The average Bonchev–Trinajstić information content (AvgIpc) is 3.11. The fourth-order valence-electron chi connectivity index (χ4n) is 3.03. The van der Waals surface area contributed by atoms with Crippen LogP contribution in [0.2, 0.25) is 0 Å². The minimum absolute atomic E-state index is 0.266. The lowest BCUT2D eigenvalue weighted by atomic mass is 10.1. The summed E-state index contributed by atoms with van der Waals surface area (Å²) in [7, 11) is -6.62. The number of ether oxygens (including phenoxy) is 1. The standard InChI is InChI=1S/C17H15F5O4S2/c18-16(19,20)15(17(21,22)28(23,24)25)26-12-9-11-5-1-2-6-13(11)14(10-12)27-7-3-4-8-27/h1-2,5-6,9-10,15H,3-4,7-8H2/p+1. The van der Waals surface area contributed by atoms with Crippen LogP contribution in [0.5, 0.6) is 5.75 Å². The van der Waals surface area contributed by atoms with Gasteiger partial charge in [0.1, 0.15) is 17.3 Å². The molecule has 1 aliphatic heterocycles. The highest BCUT2D eigenvalue weighted by Crippen LogP contribution is 2.40. The van der Waals surface area contributed by atoms with Crippen LogP contribution in [0.3, 0.4) is 0 Å². The summed E-state index contributed by atoms with van der Waals surface area (Å²) in [6, 6.07) is 9.20. The maximum absolute atomic E-state index is 13.8. The second-order valence-electron chi connectivity index (χ2n) is 6.33. The van der Waals surface area contributed by atoms with E-state index in [0.717, 1.165) is 35.8 Å². The molecule has 28 heavy (non-hydrogen) atoms. The zero-order valence-corrected chi connectivity index (χ0v) is 15.9. The van der Waals surface area contributed by atoms with Crippen LogP contribution in [0.1, 0.15) is 12.8 Å². The molecule has 1 aliphatic rings. The topological polar surface area (TPSA) is 63.6 Å². The molecule has 0 aromatic heterocycles. The fraction of sp³-hybridized carbons (Fsp3) is 0.412. The molecule has 0 radical (unpaired) electrons. The fourth-order valence-corrected chi connectivity index (χ4v) is 6.01. The smallest absolute Gasteiger partial charge is 0.432 e. The summed E-state index contributed by atoms with van der Waals surface area (Å²) < 4.78 is 102. The van der Waals surface area contributed by atoms with E-state index in [2.05, 4.69) is 4.74 Å². The molecule has 2 aromatic carbocycles. The SMILES string of the molecule is O=S(=O)(O)C(F)(F)C(Oc1cc([S+]2CCCC2)c2ccccc2c1)C(F)(F)F. The largest absolute Gasteiger partial charge is 0.473 e. The van der Waals surface area contributed by atoms with E-state index < -0.39 is 33.4 Å². The molecule has 1 atom stereocenters. The molecule has 1 unspecified atom stereocenters. The Bertz CT molecular complexity index is 969. The van der Waals surface area contributed by atoms with E-state index in [1.807, 2.05) is 0 Å². The predicted octanol–water partition coefficient (Wildman–Crippen LogP) is 4.40. The van der Waals surface area contributed by atoms with Crippen molar-refractivity contribution >= 4 is 31.8 Å². The van der Waals surface area contributed by atoms with Gasteiger partial charge >= 0.3 is 21.5 Å². The van der Waals surface area contributed by atoms with Gasteiger partial charge in [-0.05, 0) is 30.4 Å². The molecular formula is C17H16F5O4S2+. The van der Waals surface area contributed by atoms with Crippen LogP contribution in [0.4, 0.5) is 22.0 Å². The van der Waals surface area contributed by atoms with Gasteiger partial charge in [-0.15, -0.1) is 0 Å². The van der Waals surface area contributed by atoms with Gasteiger partial charge in [0.2, 0.25) is 0 Å². The first kappa shape index (κ1) is 21.1. The Hall–Kier alpha value is -1.59. The lowest BCUT2D eigenvalue weighted by Gasteiger charge is -2.27. The first-order valence-corrected chi connectivity index (χ1v) is 11.2. The Labute approximate surface area is 160 Å². The molecule has 4 nitrogen and oxygen atoms in total. The van der Waals surface area contributed by atoms with Gasteiger partial charge in [0.25, 0.3) is 6.10 Å². The Morgan fingerprint density at radius 1 is 1.04 bits per heavy atom. The second-order valence-corrected chi connectivity index (χ2v) is 10.1. The maximum atomic E-state index is 13.8. The normalized spacial score (nSPS) is 17.8. The van der Waals surface area contributed by atoms with Gasteiger partial charge in [0.15, 0.2) is 4.90 Å². The highest BCUT2D eigenvalue weighted by atomic mass is 32.2. The van der Waals surface area contributed by atoms with E-state index in [0.29, 0.717) is 10.3 Å². The zero-order chi connectivity index (χ0) is 20.7. The Morgan fingerprint density at radius 2 is 1.64 bits per heavy atom. The molecule has 1 fully saturated rings. The first-order chi connectivity index (χ1) is 12.9. The van der Waals surface area contributed by atoms with Crippen molar-refractivity contribution in [2.24, 2.45) is 0 Å². The Morgan fingerprint density at radius 3 is 2.21 bits per heavy atom. The summed E-state index contributed by atoms with van der Waals surface area (Å²) in [5.41, 5.74) is 0. The molecule has 0 amide bonds. The minimum atomic E-state index is -6.35. The van der Waals surface area contributed by atoms with Crippen molar-refractivity contribution in [3.8, 4) is 5.75 Å². The maximum Gasteiger partial charge on any atom is 0.432 e. The molecule has 3 rings (SSSR count). The van der Waals surface area contributed by atoms with Crippen molar-refractivity contribution < 1.29 is 39.7 Å². The van der Waals surface area contributed by atoms with Gasteiger partial charge in [-0.2, -0.15) is 30.4 Å². The first-order valence-electron chi connectivity index (χ1n) is 8.20. The third-order valence-electron chi connectivity index (χ3n) is 4.34. The monoisotopic (exact) mass is 443 g/mol. The summed E-state index contributed by atoms with van der Waals surface area (Å²) in [6.45, 7) is 0. The molecule has 0 bridgehead atoms. The van der Waals surface area contributed by atoms with Crippen LogP contribution >= 0.6 is 0 Å². The number of alkyl halides is 5. The van der Waals surface area contributed by atoms with Crippen LogP contribution in [-0.4, -0.2) is 42.0 Å². The van der Waals surface area contributed by atoms with Gasteiger partial charge in [-0.3, -0.25) is 4.55 Å². The van der Waals surface area contributed by atoms with Gasteiger partial charge in [-0.1, -0.05) is 18.2 Å². The van der Waals surface area contributed by atoms with E-state index >= 15 is 0 Å². The number of benzene rings is 2. The predicted molar refractivity (Wildman–Crippen MR) is 95.5 cm³/mol. The van der Waals surface area contributed by atoms with E-state index in [-0.39, 0.29) is 10.9 Å². The summed E-state index contributed by atoms with van der Waals surface area (Å²) in [6.07, 6.45) is -7.87. The lowest BCUT2D eigenvalue weighted by molar-refractivity contribution is -0.239. The third-order valence-corrected chi connectivity index (χ3v) is 7.76. The van der Waals surface area contributed by atoms with E-state index in [9.17, 15) is 30.4 Å². The highest BCUT2D eigenvalue weighted by Gasteiger charge is 2.65. The number of hydrogen-bond donors (Lipinski definition) is 1. The van der Waals surface area contributed by atoms with Crippen LogP contribution in [0.25, 0.3) is 10.8 Å². The van der Waals surface area contributed by atoms with Crippen LogP contribution < -0.4 is 4.74 Å². The molecule has 1 saturated heterocycles. The van der Waals surface area contributed by atoms with Crippen molar-refractivity contribution in [2.45, 2.75) is 35.3 Å². The molecule has 0 aliphatic carbocycles. The quantitative estimate of drug-likeness (QED) is 0.423. The molecule has 11 heteroatoms. The lowest BCUT2D eigenvalue weighted by Crippen LogP contribution is -2.53. The van der Waals surface area contributed by atoms with Gasteiger partial charge in [0.05, 0.1) is 0 Å². The molecule has 1 N–H and O–H groups in total. The summed E-state index contributed by atoms with van der Waals surface area (Å²) in [5.74, 6) is 1.13. The van der Waals surface area contributed by atoms with E-state index in [1.165, 1.54) is 6.07 Å². The van der Waals surface area contributed by atoms with Crippen molar-refractivity contribution in [1.82, 2.24) is 0 Å². The number of rotatable bonds is 5. The Kier molecular flexibility index (Phi) is 5.54. The average molecular weight is 443 g/mol. The summed E-state index contributed by atoms with van der Waals surface area (Å²) in [5, 5.41) is -4.29. The number of halogens is 5. The molecule has 0 saturated carbocycles. The van der Waals surface area contributed by atoms with Gasteiger partial charge < -0.3 is 4.74 Å². The zero-order valence-electron chi connectivity index (χ0n) is 14.2. The molecular weight excluding hydrogens is 427 g/mol. The van der Waals surface area contributed by atoms with Crippen molar-refractivity contribution in [1.29, 1.82) is 0 Å². The van der Waals surface area contributed by atoms with Crippen LogP contribution in [0, 0.1) is 0 Å². The number of hydrogen-bond acceptors (Lipinski definition) is 3. The third kappa shape index (κ3) is 4.06. The highest BCUT2D eigenvalue weighted by molar-refractivity contribution is 7.97. The summed E-state index contributed by atoms with van der Waals surface area (Å²) in [4.78, 5) is 0.696. The van der Waals surface area contributed by atoms with Crippen molar-refractivity contribution in [2.75, 3.05) is 11.5 Å². The van der Waals surface area contributed by atoms with Crippen molar-refractivity contribution in [3.05, 3.63) is 36.4 Å². The van der Waals surface area contributed by atoms with Gasteiger partial charge in [0, 0.05) is 22.3 Å². The minimum Gasteiger partial charge on any atom is -0.473 e.